The summed E-state index contributed by atoms with van der Waals surface area (Å²) in [5, 5.41) is 2.34. The van der Waals surface area contributed by atoms with E-state index in [0.717, 1.165) is 11.4 Å². The molecule has 6 heteroatoms. The first-order valence-corrected chi connectivity index (χ1v) is 6.64. The van der Waals surface area contributed by atoms with Crippen LogP contribution < -0.4 is 0 Å². The van der Waals surface area contributed by atoms with Crippen LogP contribution in [0.3, 0.4) is 0 Å². The quantitative estimate of drug-likeness (QED) is 0.869. The first-order chi connectivity index (χ1) is 8.58. The Morgan fingerprint density at radius 1 is 1.50 bits per heavy atom. The molecule has 2 heterocycles. The van der Waals surface area contributed by atoms with Crippen LogP contribution in [-0.2, 0) is 6.54 Å². The van der Waals surface area contributed by atoms with Crippen molar-refractivity contribution in [3.8, 4) is 0 Å². The molecule has 94 valence electrons. The number of halogens is 1. The molecule has 0 aliphatic carbocycles. The highest BCUT2D eigenvalue weighted by Gasteiger charge is 2.16. The summed E-state index contributed by atoms with van der Waals surface area (Å²) in [6.45, 7) is 2.30. The molecule has 4 nitrogen and oxygen atoms in total. The second-order valence-electron chi connectivity index (χ2n) is 3.95. The van der Waals surface area contributed by atoms with Crippen LogP contribution in [0.25, 0.3) is 0 Å². The predicted octanol–water partition coefficient (Wildman–Crippen LogP) is 2.77. The summed E-state index contributed by atoms with van der Waals surface area (Å²) in [5.74, 6) is -0.152. The molecule has 0 bridgehead atoms. The molecule has 0 radical (unpaired) electrons. The zero-order valence-corrected chi connectivity index (χ0v) is 11.6. The van der Waals surface area contributed by atoms with Crippen LogP contribution in [0.1, 0.15) is 21.7 Å². The van der Waals surface area contributed by atoms with Gasteiger partial charge in [-0.3, -0.25) is 9.78 Å². The van der Waals surface area contributed by atoms with E-state index in [2.05, 4.69) is 9.97 Å². The van der Waals surface area contributed by atoms with Gasteiger partial charge in [0.05, 0.1) is 28.3 Å². The highest BCUT2D eigenvalue weighted by Crippen LogP contribution is 2.18. The number of thiazole rings is 1. The minimum Gasteiger partial charge on any atom is -0.336 e. The van der Waals surface area contributed by atoms with Gasteiger partial charge in [-0.1, -0.05) is 11.6 Å². The van der Waals surface area contributed by atoms with Crippen molar-refractivity contribution >= 4 is 28.8 Å². The van der Waals surface area contributed by atoms with Crippen molar-refractivity contribution < 1.29 is 4.79 Å². The standard InChI is InChI=1S/C12H12ClN3OS/c1-8-3-11(13)10(4-14-8)12(17)16(2)5-9-6-18-7-15-9/h3-4,6-7H,5H2,1-2H3. The summed E-state index contributed by atoms with van der Waals surface area (Å²) in [4.78, 5) is 22.0. The zero-order valence-electron chi connectivity index (χ0n) is 10.1. The van der Waals surface area contributed by atoms with Gasteiger partial charge < -0.3 is 4.90 Å². The molecule has 0 spiro atoms. The number of nitrogens with zero attached hydrogens (tertiary/aromatic N) is 3. The van der Waals surface area contributed by atoms with Crippen molar-refractivity contribution in [2.75, 3.05) is 7.05 Å². The van der Waals surface area contributed by atoms with E-state index in [1.54, 1.807) is 23.5 Å². The number of carbonyl (C=O) groups excluding carboxylic acids is 1. The second-order valence-corrected chi connectivity index (χ2v) is 5.07. The van der Waals surface area contributed by atoms with Gasteiger partial charge in [0, 0.05) is 24.3 Å². The topological polar surface area (TPSA) is 46.1 Å². The van der Waals surface area contributed by atoms with Gasteiger partial charge in [0.2, 0.25) is 0 Å². The molecule has 0 aliphatic heterocycles. The van der Waals surface area contributed by atoms with Gasteiger partial charge in [-0.2, -0.15) is 0 Å². The second kappa shape index (κ2) is 5.46. The Hall–Kier alpha value is -1.46. The van der Waals surface area contributed by atoms with Crippen LogP contribution in [0, 0.1) is 6.92 Å². The molecule has 18 heavy (non-hydrogen) atoms. The molecule has 0 saturated carbocycles. The number of rotatable bonds is 3. The molecule has 0 aromatic carbocycles. The van der Waals surface area contributed by atoms with Crippen LogP contribution >= 0.6 is 22.9 Å². The van der Waals surface area contributed by atoms with E-state index >= 15 is 0 Å². The average Bonchev–Trinajstić information content (AvgIpc) is 2.81. The van der Waals surface area contributed by atoms with Crippen molar-refractivity contribution in [3.05, 3.63) is 45.1 Å². The Bertz CT molecular complexity index is 556. The summed E-state index contributed by atoms with van der Waals surface area (Å²) >= 11 is 7.56. The molecular formula is C12H12ClN3OS. The normalized spacial score (nSPS) is 10.4. The van der Waals surface area contributed by atoms with E-state index in [4.69, 9.17) is 11.6 Å². The third kappa shape index (κ3) is 2.86. The maximum absolute atomic E-state index is 12.2. The molecule has 2 aromatic rings. The number of pyridine rings is 1. The smallest absolute Gasteiger partial charge is 0.257 e. The van der Waals surface area contributed by atoms with E-state index in [-0.39, 0.29) is 5.91 Å². The van der Waals surface area contributed by atoms with Crippen LogP contribution in [0.2, 0.25) is 5.02 Å². The van der Waals surface area contributed by atoms with Gasteiger partial charge in [0.25, 0.3) is 5.91 Å². The molecule has 0 atom stereocenters. The largest absolute Gasteiger partial charge is 0.336 e. The van der Waals surface area contributed by atoms with Crippen LogP contribution in [0.5, 0.6) is 0 Å². The zero-order chi connectivity index (χ0) is 13.1. The maximum Gasteiger partial charge on any atom is 0.257 e. The van der Waals surface area contributed by atoms with E-state index in [9.17, 15) is 4.79 Å². The molecule has 0 aliphatic rings. The number of hydrogen-bond acceptors (Lipinski definition) is 4. The Morgan fingerprint density at radius 2 is 2.28 bits per heavy atom. The number of amides is 1. The Labute approximate surface area is 114 Å². The lowest BCUT2D eigenvalue weighted by Crippen LogP contribution is -2.26. The minimum atomic E-state index is -0.152. The third-order valence-electron chi connectivity index (χ3n) is 2.45. The molecule has 0 saturated heterocycles. The van der Waals surface area contributed by atoms with Crippen molar-refractivity contribution in [1.82, 2.24) is 14.9 Å². The van der Waals surface area contributed by atoms with E-state index in [1.165, 1.54) is 17.5 Å². The molecule has 0 N–H and O–H groups in total. The van der Waals surface area contributed by atoms with Crippen LogP contribution in [-0.4, -0.2) is 27.8 Å². The number of aryl methyl sites for hydroxylation is 1. The lowest BCUT2D eigenvalue weighted by atomic mass is 10.2. The summed E-state index contributed by atoms with van der Waals surface area (Å²) in [6, 6.07) is 1.69. The lowest BCUT2D eigenvalue weighted by Gasteiger charge is -2.16. The fraction of sp³-hybridized carbons (Fsp3) is 0.250. The minimum absolute atomic E-state index is 0.152. The average molecular weight is 282 g/mol. The van der Waals surface area contributed by atoms with Gasteiger partial charge in [-0.25, -0.2) is 4.98 Å². The van der Waals surface area contributed by atoms with E-state index in [1.807, 2.05) is 12.3 Å². The predicted molar refractivity (Wildman–Crippen MR) is 71.9 cm³/mol. The molecular weight excluding hydrogens is 270 g/mol. The third-order valence-corrected chi connectivity index (χ3v) is 3.40. The van der Waals surface area contributed by atoms with Crippen LogP contribution in [0.4, 0.5) is 0 Å². The fourth-order valence-corrected chi connectivity index (χ4v) is 2.36. The van der Waals surface area contributed by atoms with Crippen molar-refractivity contribution in [1.29, 1.82) is 0 Å². The Kier molecular flexibility index (Phi) is 3.93. The monoisotopic (exact) mass is 281 g/mol. The fourth-order valence-electron chi connectivity index (χ4n) is 1.52. The SMILES string of the molecule is Cc1cc(Cl)c(C(=O)N(C)Cc2cscn2)cn1. The number of carbonyl (C=O) groups is 1. The van der Waals surface area contributed by atoms with Gasteiger partial charge >= 0.3 is 0 Å². The Morgan fingerprint density at radius 3 is 2.89 bits per heavy atom. The molecule has 1 amide bonds. The van der Waals surface area contributed by atoms with Crippen molar-refractivity contribution in [2.45, 2.75) is 13.5 Å². The molecule has 2 aromatic heterocycles. The first kappa shape index (κ1) is 13.0. The lowest BCUT2D eigenvalue weighted by molar-refractivity contribution is 0.0783. The molecule has 2 rings (SSSR count). The summed E-state index contributed by atoms with van der Waals surface area (Å²) < 4.78 is 0. The van der Waals surface area contributed by atoms with Gasteiger partial charge in [0.15, 0.2) is 0 Å². The van der Waals surface area contributed by atoms with Gasteiger partial charge in [0.1, 0.15) is 0 Å². The Balaban J connectivity index is 2.15. The molecule has 0 unspecified atom stereocenters. The molecule has 0 fully saturated rings. The van der Waals surface area contributed by atoms with Crippen molar-refractivity contribution in [3.63, 3.8) is 0 Å². The van der Waals surface area contributed by atoms with E-state index < -0.39 is 0 Å². The van der Waals surface area contributed by atoms with Crippen molar-refractivity contribution in [2.24, 2.45) is 0 Å². The highest BCUT2D eigenvalue weighted by molar-refractivity contribution is 7.07. The maximum atomic E-state index is 12.2. The first-order valence-electron chi connectivity index (χ1n) is 5.32. The summed E-state index contributed by atoms with van der Waals surface area (Å²) in [7, 11) is 1.72. The van der Waals surface area contributed by atoms with Crippen LogP contribution in [0.15, 0.2) is 23.2 Å². The number of aromatic nitrogens is 2. The highest BCUT2D eigenvalue weighted by atomic mass is 35.5. The number of hydrogen-bond donors (Lipinski definition) is 0. The summed E-state index contributed by atoms with van der Waals surface area (Å²) in [6.07, 6.45) is 1.51. The van der Waals surface area contributed by atoms with Gasteiger partial charge in [-0.05, 0) is 13.0 Å². The van der Waals surface area contributed by atoms with Gasteiger partial charge in [-0.15, -0.1) is 11.3 Å². The summed E-state index contributed by atoms with van der Waals surface area (Å²) in [5.41, 5.74) is 3.82. The van der Waals surface area contributed by atoms with E-state index in [0.29, 0.717) is 17.1 Å².